The molecule has 0 spiro atoms. The van der Waals surface area contributed by atoms with Crippen LogP contribution in [-0.2, 0) is 6.42 Å². The molecule has 0 aliphatic heterocycles. The fourth-order valence-corrected chi connectivity index (χ4v) is 4.39. The van der Waals surface area contributed by atoms with Crippen molar-refractivity contribution < 1.29 is 0 Å². The van der Waals surface area contributed by atoms with Gasteiger partial charge in [0.1, 0.15) is 0 Å². The second kappa shape index (κ2) is 6.93. The Hall–Kier alpha value is -0.860. The number of nitrogens with two attached hydrogens (primary N) is 1. The zero-order chi connectivity index (χ0) is 15.5. The van der Waals surface area contributed by atoms with Crippen molar-refractivity contribution in [2.45, 2.75) is 71.4 Å². The SMILES string of the molecule is CCN(CC)C1(C(N)Cc2cc(C)cc(C)c2)CCCC1. The van der Waals surface area contributed by atoms with Gasteiger partial charge in [-0.3, -0.25) is 4.90 Å². The third-order valence-corrected chi connectivity index (χ3v) is 5.29. The lowest BCUT2D eigenvalue weighted by Crippen LogP contribution is -2.59. The van der Waals surface area contributed by atoms with Gasteiger partial charge < -0.3 is 5.73 Å². The maximum absolute atomic E-state index is 6.76. The summed E-state index contributed by atoms with van der Waals surface area (Å²) < 4.78 is 0. The molecule has 2 nitrogen and oxygen atoms in total. The molecule has 0 radical (unpaired) electrons. The van der Waals surface area contributed by atoms with Crippen molar-refractivity contribution in [1.29, 1.82) is 0 Å². The van der Waals surface area contributed by atoms with E-state index in [1.807, 2.05) is 0 Å². The van der Waals surface area contributed by atoms with Crippen LogP contribution in [0, 0.1) is 13.8 Å². The molecule has 2 rings (SSSR count). The minimum atomic E-state index is 0.223. The Labute approximate surface area is 130 Å². The van der Waals surface area contributed by atoms with Gasteiger partial charge in [-0.05, 0) is 51.8 Å². The van der Waals surface area contributed by atoms with Crippen LogP contribution in [-0.4, -0.2) is 29.6 Å². The van der Waals surface area contributed by atoms with Crippen LogP contribution in [0.15, 0.2) is 18.2 Å². The fraction of sp³-hybridized carbons (Fsp3) is 0.684. The Morgan fingerprint density at radius 1 is 1.05 bits per heavy atom. The van der Waals surface area contributed by atoms with E-state index in [1.54, 1.807) is 0 Å². The van der Waals surface area contributed by atoms with Gasteiger partial charge in [0.05, 0.1) is 0 Å². The molecular weight excluding hydrogens is 256 g/mol. The molecule has 0 heterocycles. The molecule has 1 fully saturated rings. The van der Waals surface area contributed by atoms with Gasteiger partial charge in [-0.25, -0.2) is 0 Å². The van der Waals surface area contributed by atoms with Crippen molar-refractivity contribution in [3.05, 3.63) is 34.9 Å². The third-order valence-electron chi connectivity index (χ3n) is 5.29. The van der Waals surface area contributed by atoms with E-state index < -0.39 is 0 Å². The highest BCUT2D eigenvalue weighted by Gasteiger charge is 2.43. The van der Waals surface area contributed by atoms with Gasteiger partial charge in [0, 0.05) is 11.6 Å². The smallest absolute Gasteiger partial charge is 0.0363 e. The van der Waals surface area contributed by atoms with Crippen LogP contribution in [0.4, 0.5) is 0 Å². The van der Waals surface area contributed by atoms with Gasteiger partial charge in [-0.1, -0.05) is 56.0 Å². The lowest BCUT2D eigenvalue weighted by Gasteiger charge is -2.45. The Balaban J connectivity index is 2.20. The highest BCUT2D eigenvalue weighted by molar-refractivity contribution is 5.29. The topological polar surface area (TPSA) is 29.3 Å². The minimum absolute atomic E-state index is 0.223. The molecule has 2 N–H and O–H groups in total. The van der Waals surface area contributed by atoms with Gasteiger partial charge in [0.2, 0.25) is 0 Å². The summed E-state index contributed by atoms with van der Waals surface area (Å²) in [6.07, 6.45) is 6.19. The van der Waals surface area contributed by atoms with Crippen LogP contribution in [0.5, 0.6) is 0 Å². The maximum atomic E-state index is 6.76. The second-order valence-electron chi connectivity index (χ2n) is 6.79. The summed E-state index contributed by atoms with van der Waals surface area (Å²) in [6.45, 7) is 11.1. The lowest BCUT2D eigenvalue weighted by atomic mass is 9.82. The largest absolute Gasteiger partial charge is 0.326 e. The number of likely N-dealkylation sites (N-methyl/N-ethyl adjacent to an activating group) is 1. The molecule has 2 heteroatoms. The Kier molecular flexibility index (Phi) is 5.45. The summed E-state index contributed by atoms with van der Waals surface area (Å²) in [4.78, 5) is 2.62. The Bertz CT molecular complexity index is 436. The van der Waals surface area contributed by atoms with Gasteiger partial charge in [-0.15, -0.1) is 0 Å². The third kappa shape index (κ3) is 3.49. The van der Waals surface area contributed by atoms with E-state index in [0.29, 0.717) is 0 Å². The molecule has 1 aliphatic carbocycles. The first-order valence-corrected chi connectivity index (χ1v) is 8.59. The minimum Gasteiger partial charge on any atom is -0.326 e. The van der Waals surface area contributed by atoms with Crippen molar-refractivity contribution in [2.24, 2.45) is 5.73 Å². The normalized spacial score (nSPS) is 19.1. The van der Waals surface area contributed by atoms with Gasteiger partial charge in [0.15, 0.2) is 0 Å². The number of aryl methyl sites for hydroxylation is 2. The molecule has 1 aromatic rings. The second-order valence-corrected chi connectivity index (χ2v) is 6.79. The summed E-state index contributed by atoms with van der Waals surface area (Å²) in [5.41, 5.74) is 11.1. The number of benzene rings is 1. The van der Waals surface area contributed by atoms with Gasteiger partial charge in [-0.2, -0.15) is 0 Å². The number of rotatable bonds is 6. The molecule has 0 aromatic heterocycles. The first-order chi connectivity index (χ1) is 10.0. The van der Waals surface area contributed by atoms with Gasteiger partial charge >= 0.3 is 0 Å². The van der Waals surface area contributed by atoms with Crippen molar-refractivity contribution in [3.63, 3.8) is 0 Å². The highest BCUT2D eigenvalue weighted by Crippen LogP contribution is 2.38. The van der Waals surface area contributed by atoms with Crippen LogP contribution in [0.3, 0.4) is 0 Å². The van der Waals surface area contributed by atoms with E-state index in [0.717, 1.165) is 19.5 Å². The first kappa shape index (κ1) is 16.5. The Morgan fingerprint density at radius 3 is 2.05 bits per heavy atom. The molecule has 118 valence electrons. The monoisotopic (exact) mass is 288 g/mol. The van der Waals surface area contributed by atoms with E-state index in [1.165, 1.54) is 42.4 Å². The van der Waals surface area contributed by atoms with E-state index >= 15 is 0 Å². The van der Waals surface area contributed by atoms with Crippen LogP contribution in [0.25, 0.3) is 0 Å². The van der Waals surface area contributed by atoms with Crippen LogP contribution in [0.2, 0.25) is 0 Å². The zero-order valence-electron chi connectivity index (χ0n) is 14.3. The van der Waals surface area contributed by atoms with E-state index in [2.05, 4.69) is 50.8 Å². The standard InChI is InChI=1S/C19H32N2/c1-5-21(6-2)19(9-7-8-10-19)18(20)14-17-12-15(3)11-16(4)13-17/h11-13,18H,5-10,14,20H2,1-4H3. The molecular formula is C19H32N2. The Morgan fingerprint density at radius 2 is 1.57 bits per heavy atom. The summed E-state index contributed by atoms with van der Waals surface area (Å²) in [5, 5.41) is 0. The van der Waals surface area contributed by atoms with Crippen LogP contribution >= 0.6 is 0 Å². The van der Waals surface area contributed by atoms with Crippen molar-refractivity contribution in [2.75, 3.05) is 13.1 Å². The molecule has 0 saturated heterocycles. The summed E-state index contributed by atoms with van der Waals surface area (Å²) >= 11 is 0. The summed E-state index contributed by atoms with van der Waals surface area (Å²) in [6, 6.07) is 7.08. The van der Waals surface area contributed by atoms with Crippen molar-refractivity contribution in [3.8, 4) is 0 Å². The predicted molar refractivity (Wildman–Crippen MR) is 91.7 cm³/mol. The van der Waals surface area contributed by atoms with E-state index in [-0.39, 0.29) is 11.6 Å². The van der Waals surface area contributed by atoms with E-state index in [4.69, 9.17) is 5.73 Å². The predicted octanol–water partition coefficient (Wildman–Crippen LogP) is 3.83. The lowest BCUT2D eigenvalue weighted by molar-refractivity contribution is 0.0771. The van der Waals surface area contributed by atoms with Crippen LogP contribution in [0.1, 0.15) is 56.2 Å². The molecule has 1 unspecified atom stereocenters. The maximum Gasteiger partial charge on any atom is 0.0363 e. The zero-order valence-corrected chi connectivity index (χ0v) is 14.3. The molecule has 1 aromatic carbocycles. The number of hydrogen-bond acceptors (Lipinski definition) is 2. The molecule has 1 atom stereocenters. The van der Waals surface area contributed by atoms with E-state index in [9.17, 15) is 0 Å². The highest BCUT2D eigenvalue weighted by atomic mass is 15.2. The average molecular weight is 288 g/mol. The first-order valence-electron chi connectivity index (χ1n) is 8.59. The molecule has 1 saturated carbocycles. The summed E-state index contributed by atoms with van der Waals surface area (Å²) in [5.74, 6) is 0. The van der Waals surface area contributed by atoms with Crippen molar-refractivity contribution in [1.82, 2.24) is 4.90 Å². The number of nitrogens with zero attached hydrogens (tertiary/aromatic N) is 1. The summed E-state index contributed by atoms with van der Waals surface area (Å²) in [7, 11) is 0. The average Bonchev–Trinajstić information content (AvgIpc) is 2.89. The molecule has 0 bridgehead atoms. The fourth-order valence-electron chi connectivity index (χ4n) is 4.39. The number of hydrogen-bond donors (Lipinski definition) is 1. The van der Waals surface area contributed by atoms with Crippen LogP contribution < -0.4 is 5.73 Å². The molecule has 21 heavy (non-hydrogen) atoms. The molecule has 1 aliphatic rings. The van der Waals surface area contributed by atoms with Crippen molar-refractivity contribution >= 4 is 0 Å². The van der Waals surface area contributed by atoms with Gasteiger partial charge in [0.25, 0.3) is 0 Å². The molecule has 0 amide bonds. The quantitative estimate of drug-likeness (QED) is 0.862.